The van der Waals surface area contributed by atoms with Gasteiger partial charge in [-0.25, -0.2) is 0 Å². The van der Waals surface area contributed by atoms with Crippen molar-refractivity contribution in [1.82, 2.24) is 0 Å². The van der Waals surface area contributed by atoms with Crippen LogP contribution < -0.4 is 0 Å². The summed E-state index contributed by atoms with van der Waals surface area (Å²) in [7, 11) is 0. The Bertz CT molecular complexity index is 243. The van der Waals surface area contributed by atoms with Crippen molar-refractivity contribution >= 4 is 5.97 Å². The number of hydrogen-bond acceptors (Lipinski definition) is 1. The number of carbonyl (C=O) groups is 1. The van der Waals surface area contributed by atoms with Gasteiger partial charge in [-0.3, -0.25) is 4.79 Å². The molecular weight excluding hydrogens is 188 g/mol. The minimum atomic E-state index is -0.512. The van der Waals surface area contributed by atoms with E-state index < -0.39 is 5.97 Å². The van der Waals surface area contributed by atoms with E-state index in [-0.39, 0.29) is 5.41 Å². The molecule has 2 aliphatic rings. The first-order valence-corrected chi connectivity index (χ1v) is 6.41. The van der Waals surface area contributed by atoms with Crippen LogP contribution in [0.2, 0.25) is 0 Å². The third-order valence-electron chi connectivity index (χ3n) is 4.84. The van der Waals surface area contributed by atoms with E-state index in [1.165, 1.54) is 19.3 Å². The number of hydrogen-bond donors (Lipinski definition) is 1. The summed E-state index contributed by atoms with van der Waals surface area (Å²) in [6.07, 6.45) is 9.17. The summed E-state index contributed by atoms with van der Waals surface area (Å²) in [6, 6.07) is 0. The van der Waals surface area contributed by atoms with E-state index in [4.69, 9.17) is 0 Å². The molecule has 15 heavy (non-hydrogen) atoms. The van der Waals surface area contributed by atoms with Crippen molar-refractivity contribution in [3.8, 4) is 0 Å². The van der Waals surface area contributed by atoms with Gasteiger partial charge in [0.25, 0.3) is 0 Å². The van der Waals surface area contributed by atoms with Gasteiger partial charge in [-0.2, -0.15) is 0 Å². The van der Waals surface area contributed by atoms with Crippen molar-refractivity contribution in [3.63, 3.8) is 0 Å². The molecule has 0 aliphatic heterocycles. The summed E-state index contributed by atoms with van der Waals surface area (Å²) in [5.74, 6) is 0.332. The molecular formula is C13H22O2. The van der Waals surface area contributed by atoms with Gasteiger partial charge in [0, 0.05) is 0 Å². The van der Waals surface area contributed by atoms with Gasteiger partial charge in [-0.1, -0.05) is 32.6 Å². The fourth-order valence-corrected chi connectivity index (χ4v) is 3.91. The summed E-state index contributed by atoms with van der Waals surface area (Å²) in [5, 5.41) is 9.62. The van der Waals surface area contributed by atoms with E-state index >= 15 is 0 Å². The van der Waals surface area contributed by atoms with Gasteiger partial charge in [-0.15, -0.1) is 0 Å². The van der Waals surface area contributed by atoms with Crippen LogP contribution in [0.4, 0.5) is 0 Å². The largest absolute Gasteiger partial charge is 0.481 e. The highest BCUT2D eigenvalue weighted by Crippen LogP contribution is 2.52. The Morgan fingerprint density at radius 1 is 1.13 bits per heavy atom. The molecule has 2 rings (SSSR count). The summed E-state index contributed by atoms with van der Waals surface area (Å²) in [5.41, 5.74) is -0.366. The molecule has 2 unspecified atom stereocenters. The molecule has 0 spiro atoms. The molecule has 0 amide bonds. The summed E-state index contributed by atoms with van der Waals surface area (Å²) < 4.78 is 0. The zero-order valence-corrected chi connectivity index (χ0v) is 9.67. The monoisotopic (exact) mass is 210 g/mol. The average molecular weight is 210 g/mol. The van der Waals surface area contributed by atoms with E-state index in [1.807, 2.05) is 0 Å². The fourth-order valence-electron chi connectivity index (χ4n) is 3.91. The van der Waals surface area contributed by atoms with Gasteiger partial charge in [0.15, 0.2) is 0 Å². The Morgan fingerprint density at radius 3 is 2.27 bits per heavy atom. The smallest absolute Gasteiger partial charge is 0.310 e. The molecule has 2 nitrogen and oxygen atoms in total. The van der Waals surface area contributed by atoms with Crippen LogP contribution in [0.3, 0.4) is 0 Å². The summed E-state index contributed by atoms with van der Waals surface area (Å²) >= 11 is 0. The molecule has 2 saturated carbocycles. The lowest BCUT2D eigenvalue weighted by Gasteiger charge is -2.43. The van der Waals surface area contributed by atoms with E-state index in [2.05, 4.69) is 6.92 Å². The highest BCUT2D eigenvalue weighted by molar-refractivity contribution is 5.75. The molecule has 0 saturated heterocycles. The van der Waals surface area contributed by atoms with Gasteiger partial charge >= 0.3 is 5.97 Å². The van der Waals surface area contributed by atoms with Crippen molar-refractivity contribution in [2.24, 2.45) is 17.3 Å². The van der Waals surface area contributed by atoms with Crippen LogP contribution in [0.1, 0.15) is 58.3 Å². The van der Waals surface area contributed by atoms with Crippen LogP contribution in [0, 0.1) is 17.3 Å². The molecule has 0 heterocycles. The normalized spacial score (nSPS) is 38.1. The average Bonchev–Trinajstić information content (AvgIpc) is 2.71. The summed E-state index contributed by atoms with van der Waals surface area (Å²) in [4.78, 5) is 11.7. The van der Waals surface area contributed by atoms with Crippen molar-refractivity contribution in [1.29, 1.82) is 0 Å². The van der Waals surface area contributed by atoms with Gasteiger partial charge in [0.2, 0.25) is 0 Å². The zero-order valence-electron chi connectivity index (χ0n) is 9.67. The second-order valence-electron chi connectivity index (χ2n) is 5.47. The van der Waals surface area contributed by atoms with Crippen molar-refractivity contribution in [2.45, 2.75) is 58.3 Å². The quantitative estimate of drug-likeness (QED) is 0.758. The standard InChI is InChI=1S/C13H22O2/c1-10-6-4-5-9-13(10,12(14)15)11-7-2-3-8-11/h10-11H,2-9H2,1H3,(H,14,15). The van der Waals surface area contributed by atoms with Crippen LogP contribution in [-0.4, -0.2) is 11.1 Å². The molecule has 0 aromatic heterocycles. The molecule has 2 atom stereocenters. The Morgan fingerprint density at radius 2 is 1.73 bits per heavy atom. The highest BCUT2D eigenvalue weighted by Gasteiger charge is 2.51. The number of carboxylic acid groups (broad SMARTS) is 1. The molecule has 1 N–H and O–H groups in total. The second-order valence-corrected chi connectivity index (χ2v) is 5.47. The SMILES string of the molecule is CC1CCCCC1(C(=O)O)C1CCCC1. The van der Waals surface area contributed by atoms with Gasteiger partial charge in [0.05, 0.1) is 5.41 Å². The molecule has 0 aromatic rings. The molecule has 0 bridgehead atoms. The number of aliphatic carboxylic acids is 1. The van der Waals surface area contributed by atoms with Crippen molar-refractivity contribution < 1.29 is 9.90 Å². The Kier molecular flexibility index (Phi) is 3.03. The van der Waals surface area contributed by atoms with E-state index in [0.29, 0.717) is 11.8 Å². The highest BCUT2D eigenvalue weighted by atomic mass is 16.4. The zero-order chi connectivity index (χ0) is 10.9. The van der Waals surface area contributed by atoms with E-state index in [0.717, 1.165) is 32.1 Å². The maximum absolute atomic E-state index is 11.7. The predicted octanol–water partition coefficient (Wildman–Crippen LogP) is 3.46. The lowest BCUT2D eigenvalue weighted by molar-refractivity contribution is -0.160. The van der Waals surface area contributed by atoms with Crippen LogP contribution in [0.5, 0.6) is 0 Å². The first kappa shape index (κ1) is 11.0. The molecule has 2 heteroatoms. The first-order chi connectivity index (χ1) is 7.18. The van der Waals surface area contributed by atoms with Gasteiger partial charge in [0.1, 0.15) is 0 Å². The summed E-state index contributed by atoms with van der Waals surface area (Å²) in [6.45, 7) is 2.16. The molecule has 86 valence electrons. The Balaban J connectivity index is 2.24. The minimum absolute atomic E-state index is 0.366. The lowest BCUT2D eigenvalue weighted by atomic mass is 9.59. The molecule has 0 radical (unpaired) electrons. The van der Waals surface area contributed by atoms with E-state index in [9.17, 15) is 9.90 Å². The van der Waals surface area contributed by atoms with Crippen LogP contribution in [0.15, 0.2) is 0 Å². The minimum Gasteiger partial charge on any atom is -0.481 e. The number of rotatable bonds is 2. The molecule has 2 fully saturated rings. The van der Waals surface area contributed by atoms with Crippen LogP contribution >= 0.6 is 0 Å². The lowest BCUT2D eigenvalue weighted by Crippen LogP contribution is -2.45. The van der Waals surface area contributed by atoms with Crippen LogP contribution in [0.25, 0.3) is 0 Å². The molecule has 2 aliphatic carbocycles. The predicted molar refractivity (Wildman–Crippen MR) is 59.7 cm³/mol. The van der Waals surface area contributed by atoms with E-state index in [1.54, 1.807) is 0 Å². The third kappa shape index (κ3) is 1.68. The Labute approximate surface area is 92.1 Å². The third-order valence-corrected chi connectivity index (χ3v) is 4.84. The first-order valence-electron chi connectivity index (χ1n) is 6.41. The second kappa shape index (κ2) is 4.15. The van der Waals surface area contributed by atoms with Gasteiger partial charge < -0.3 is 5.11 Å². The number of carboxylic acids is 1. The Hall–Kier alpha value is -0.530. The van der Waals surface area contributed by atoms with Gasteiger partial charge in [-0.05, 0) is 37.5 Å². The van der Waals surface area contributed by atoms with Crippen LogP contribution in [-0.2, 0) is 4.79 Å². The fraction of sp³-hybridized carbons (Fsp3) is 0.923. The van der Waals surface area contributed by atoms with Crippen molar-refractivity contribution in [2.75, 3.05) is 0 Å². The molecule has 0 aromatic carbocycles. The maximum Gasteiger partial charge on any atom is 0.310 e. The maximum atomic E-state index is 11.7. The van der Waals surface area contributed by atoms with Crippen molar-refractivity contribution in [3.05, 3.63) is 0 Å². The topological polar surface area (TPSA) is 37.3 Å².